The molecule has 1 aliphatic heterocycles. The zero-order chi connectivity index (χ0) is 18.3. The molecule has 0 saturated heterocycles. The van der Waals surface area contributed by atoms with Gasteiger partial charge in [0.05, 0.1) is 6.54 Å². The molecule has 0 spiro atoms. The van der Waals surface area contributed by atoms with Crippen molar-refractivity contribution in [3.8, 4) is 11.5 Å². The summed E-state index contributed by atoms with van der Waals surface area (Å²) in [4.78, 5) is 22.8. The lowest BCUT2D eigenvalue weighted by Gasteiger charge is -2.29. The zero-order valence-corrected chi connectivity index (χ0v) is 14.8. The van der Waals surface area contributed by atoms with E-state index in [1.165, 1.54) is 0 Å². The van der Waals surface area contributed by atoms with Crippen molar-refractivity contribution >= 4 is 11.7 Å². The first-order chi connectivity index (χ1) is 12.5. The van der Waals surface area contributed by atoms with E-state index in [2.05, 4.69) is 15.1 Å². The van der Waals surface area contributed by atoms with Crippen LogP contribution >= 0.6 is 0 Å². The molecule has 1 atom stereocenters. The van der Waals surface area contributed by atoms with Gasteiger partial charge in [0.1, 0.15) is 6.61 Å². The molecule has 0 fully saturated rings. The van der Waals surface area contributed by atoms with E-state index in [0.29, 0.717) is 24.7 Å². The van der Waals surface area contributed by atoms with Gasteiger partial charge in [-0.1, -0.05) is 12.1 Å². The van der Waals surface area contributed by atoms with Crippen molar-refractivity contribution in [3.05, 3.63) is 47.5 Å². The first-order valence-corrected chi connectivity index (χ1v) is 8.36. The third-order valence-electron chi connectivity index (χ3n) is 4.20. The summed E-state index contributed by atoms with van der Waals surface area (Å²) in [6, 6.07) is 9.38. The molecule has 1 amide bonds. The molecule has 26 heavy (non-hydrogen) atoms. The number of likely N-dealkylation sites (N-methyl/N-ethyl adjacent to an activating group) is 1. The van der Waals surface area contributed by atoms with Gasteiger partial charge >= 0.3 is 0 Å². The SMILES string of the molecule is Cc1cc(C)n2nc(C(=O)N(C)CC3COc4ccccc4O3)nc2n1. The van der Waals surface area contributed by atoms with Gasteiger partial charge in [0.2, 0.25) is 5.82 Å². The van der Waals surface area contributed by atoms with E-state index in [4.69, 9.17) is 9.47 Å². The number of hydrogen-bond acceptors (Lipinski definition) is 6. The predicted octanol–water partition coefficient (Wildman–Crippen LogP) is 1.65. The van der Waals surface area contributed by atoms with Crippen LogP contribution in [0, 0.1) is 13.8 Å². The van der Waals surface area contributed by atoms with Crippen LogP contribution in [0.4, 0.5) is 0 Å². The van der Waals surface area contributed by atoms with Crippen molar-refractivity contribution in [3.63, 3.8) is 0 Å². The van der Waals surface area contributed by atoms with Gasteiger partial charge in [-0.15, -0.1) is 5.10 Å². The molecule has 1 aliphatic rings. The van der Waals surface area contributed by atoms with Crippen LogP contribution in [0.5, 0.6) is 11.5 Å². The fourth-order valence-electron chi connectivity index (χ4n) is 2.97. The lowest BCUT2D eigenvalue weighted by atomic mass is 10.2. The van der Waals surface area contributed by atoms with Crippen molar-refractivity contribution in [1.29, 1.82) is 0 Å². The Kier molecular flexibility index (Phi) is 3.95. The number of para-hydroxylation sites is 2. The summed E-state index contributed by atoms with van der Waals surface area (Å²) in [6.45, 7) is 4.54. The molecule has 8 heteroatoms. The Morgan fingerprint density at radius 3 is 2.85 bits per heavy atom. The van der Waals surface area contributed by atoms with Crippen molar-refractivity contribution in [2.75, 3.05) is 20.2 Å². The van der Waals surface area contributed by atoms with E-state index in [-0.39, 0.29) is 17.8 Å². The van der Waals surface area contributed by atoms with Gasteiger partial charge in [-0.2, -0.15) is 4.98 Å². The Morgan fingerprint density at radius 2 is 2.04 bits per heavy atom. The van der Waals surface area contributed by atoms with Crippen LogP contribution < -0.4 is 9.47 Å². The fourth-order valence-corrected chi connectivity index (χ4v) is 2.97. The van der Waals surface area contributed by atoms with Gasteiger partial charge in [-0.3, -0.25) is 4.79 Å². The number of aryl methyl sites for hydroxylation is 2. The van der Waals surface area contributed by atoms with Crippen LogP contribution in [0.2, 0.25) is 0 Å². The van der Waals surface area contributed by atoms with E-state index in [1.807, 2.05) is 44.2 Å². The van der Waals surface area contributed by atoms with Crippen LogP contribution in [0.3, 0.4) is 0 Å². The Labute approximate surface area is 150 Å². The number of amides is 1. The molecule has 2 aromatic heterocycles. The van der Waals surface area contributed by atoms with Crippen LogP contribution in [0.15, 0.2) is 30.3 Å². The monoisotopic (exact) mass is 353 g/mol. The summed E-state index contributed by atoms with van der Waals surface area (Å²) in [7, 11) is 1.70. The maximum Gasteiger partial charge on any atom is 0.293 e. The van der Waals surface area contributed by atoms with Gasteiger partial charge in [0, 0.05) is 18.4 Å². The molecule has 3 aromatic rings. The lowest BCUT2D eigenvalue weighted by molar-refractivity contribution is 0.0513. The average Bonchev–Trinajstić information content (AvgIpc) is 3.05. The van der Waals surface area contributed by atoms with Crippen LogP contribution in [0.1, 0.15) is 22.0 Å². The number of fused-ring (bicyclic) bond motifs is 2. The minimum absolute atomic E-state index is 0.117. The van der Waals surface area contributed by atoms with Crippen molar-refractivity contribution in [2.24, 2.45) is 0 Å². The highest BCUT2D eigenvalue weighted by Crippen LogP contribution is 2.31. The van der Waals surface area contributed by atoms with Gasteiger partial charge in [-0.05, 0) is 32.0 Å². The highest BCUT2D eigenvalue weighted by Gasteiger charge is 2.26. The molecular formula is C18H19N5O3. The smallest absolute Gasteiger partial charge is 0.293 e. The van der Waals surface area contributed by atoms with Gasteiger partial charge < -0.3 is 14.4 Å². The summed E-state index contributed by atoms with van der Waals surface area (Å²) in [5.74, 6) is 1.66. The van der Waals surface area contributed by atoms with Crippen molar-refractivity contribution in [2.45, 2.75) is 20.0 Å². The minimum Gasteiger partial charge on any atom is -0.486 e. The summed E-state index contributed by atoms with van der Waals surface area (Å²) >= 11 is 0. The quantitative estimate of drug-likeness (QED) is 0.712. The zero-order valence-electron chi connectivity index (χ0n) is 14.8. The minimum atomic E-state index is -0.282. The Bertz CT molecular complexity index is 984. The number of ether oxygens (including phenoxy) is 2. The summed E-state index contributed by atoms with van der Waals surface area (Å²) in [5.41, 5.74) is 1.71. The van der Waals surface area contributed by atoms with Crippen LogP contribution in [-0.4, -0.2) is 56.7 Å². The number of carbonyl (C=O) groups excluding carboxylic acids is 1. The third-order valence-corrected chi connectivity index (χ3v) is 4.20. The topological polar surface area (TPSA) is 81.9 Å². The third kappa shape index (κ3) is 2.94. The molecule has 4 rings (SSSR count). The van der Waals surface area contributed by atoms with E-state index in [9.17, 15) is 4.79 Å². The molecule has 0 bridgehead atoms. The second-order valence-corrected chi connectivity index (χ2v) is 6.37. The van der Waals surface area contributed by atoms with E-state index in [1.54, 1.807) is 16.5 Å². The van der Waals surface area contributed by atoms with E-state index < -0.39 is 0 Å². The number of carbonyl (C=O) groups is 1. The van der Waals surface area contributed by atoms with Crippen LogP contribution in [-0.2, 0) is 0 Å². The number of aromatic nitrogens is 4. The molecule has 1 unspecified atom stereocenters. The molecule has 134 valence electrons. The molecule has 0 aliphatic carbocycles. The molecule has 0 N–H and O–H groups in total. The van der Waals surface area contributed by atoms with Crippen molar-refractivity contribution < 1.29 is 14.3 Å². The summed E-state index contributed by atoms with van der Waals surface area (Å²) < 4.78 is 13.2. The molecule has 3 heterocycles. The van der Waals surface area contributed by atoms with E-state index >= 15 is 0 Å². The molecule has 0 radical (unpaired) electrons. The normalized spacial score (nSPS) is 15.9. The fraction of sp³-hybridized carbons (Fsp3) is 0.333. The Balaban J connectivity index is 1.49. The number of nitrogens with zero attached hydrogens (tertiary/aromatic N) is 5. The highest BCUT2D eigenvalue weighted by atomic mass is 16.6. The second-order valence-electron chi connectivity index (χ2n) is 6.37. The van der Waals surface area contributed by atoms with Gasteiger partial charge in [-0.25, -0.2) is 9.50 Å². The maximum absolute atomic E-state index is 12.7. The van der Waals surface area contributed by atoms with E-state index in [0.717, 1.165) is 17.1 Å². The Hall–Kier alpha value is -3.16. The predicted molar refractivity (Wildman–Crippen MR) is 93.6 cm³/mol. The standard InChI is InChI=1S/C18H19N5O3/c1-11-8-12(2)23-18(19-11)20-16(21-23)17(24)22(3)9-13-10-25-14-6-4-5-7-15(14)26-13/h4-8,13H,9-10H2,1-3H3. The molecule has 8 nitrogen and oxygen atoms in total. The average molecular weight is 353 g/mol. The Morgan fingerprint density at radius 1 is 1.27 bits per heavy atom. The first kappa shape index (κ1) is 16.3. The molecular weight excluding hydrogens is 334 g/mol. The molecule has 0 saturated carbocycles. The maximum atomic E-state index is 12.7. The number of rotatable bonds is 3. The largest absolute Gasteiger partial charge is 0.486 e. The van der Waals surface area contributed by atoms with Gasteiger partial charge in [0.15, 0.2) is 17.6 Å². The lowest BCUT2D eigenvalue weighted by Crippen LogP contribution is -2.42. The van der Waals surface area contributed by atoms with Crippen LogP contribution in [0.25, 0.3) is 5.78 Å². The molecule has 1 aromatic carbocycles. The van der Waals surface area contributed by atoms with Gasteiger partial charge in [0.25, 0.3) is 11.7 Å². The summed E-state index contributed by atoms with van der Waals surface area (Å²) in [5, 5.41) is 4.28. The number of benzene rings is 1. The second kappa shape index (κ2) is 6.29. The number of hydrogen-bond donors (Lipinski definition) is 0. The van der Waals surface area contributed by atoms with Crippen molar-refractivity contribution in [1.82, 2.24) is 24.5 Å². The highest BCUT2D eigenvalue weighted by molar-refractivity contribution is 5.90. The summed E-state index contributed by atoms with van der Waals surface area (Å²) in [6.07, 6.45) is -0.252. The first-order valence-electron chi connectivity index (χ1n) is 8.36.